The Morgan fingerprint density at radius 3 is 2.81 bits per heavy atom. The lowest BCUT2D eigenvalue weighted by molar-refractivity contribution is -0.135. The molecular weight excluding hydrogens is 228 g/mol. The van der Waals surface area contributed by atoms with Crippen molar-refractivity contribution in [1.29, 1.82) is 0 Å². The van der Waals surface area contributed by atoms with Crippen molar-refractivity contribution in [2.24, 2.45) is 0 Å². The number of aliphatic carboxylic acids is 1. The van der Waals surface area contributed by atoms with Gasteiger partial charge in [-0.2, -0.15) is 0 Å². The first kappa shape index (κ1) is 12.5. The number of thiophene rings is 1. The standard InChI is InChI=1S/C10H14N2O3S/c1-2-7(8-4-3-5-16-8)12-10(15)11-6-9(13)14/h3-5,7H,2,6H2,1H3,(H,13,14)(H2,11,12,15). The molecular formula is C10H14N2O3S. The van der Waals surface area contributed by atoms with E-state index in [9.17, 15) is 9.59 Å². The molecule has 2 amide bonds. The van der Waals surface area contributed by atoms with Crippen LogP contribution in [-0.2, 0) is 4.79 Å². The number of carboxylic acid groups (broad SMARTS) is 1. The summed E-state index contributed by atoms with van der Waals surface area (Å²) in [5.74, 6) is -1.06. The van der Waals surface area contributed by atoms with E-state index in [-0.39, 0.29) is 12.6 Å². The van der Waals surface area contributed by atoms with Crippen molar-refractivity contribution in [3.05, 3.63) is 22.4 Å². The number of hydrogen-bond donors (Lipinski definition) is 3. The average molecular weight is 242 g/mol. The minimum Gasteiger partial charge on any atom is -0.480 e. The van der Waals surface area contributed by atoms with Crippen molar-refractivity contribution in [1.82, 2.24) is 10.6 Å². The summed E-state index contributed by atoms with van der Waals surface area (Å²) in [4.78, 5) is 22.6. The summed E-state index contributed by atoms with van der Waals surface area (Å²) < 4.78 is 0. The molecule has 16 heavy (non-hydrogen) atoms. The molecule has 0 spiro atoms. The Hall–Kier alpha value is -1.56. The molecule has 3 N–H and O–H groups in total. The largest absolute Gasteiger partial charge is 0.480 e. The summed E-state index contributed by atoms with van der Waals surface area (Å²) in [7, 11) is 0. The van der Waals surface area contributed by atoms with Gasteiger partial charge >= 0.3 is 12.0 Å². The van der Waals surface area contributed by atoms with E-state index in [1.54, 1.807) is 11.3 Å². The monoisotopic (exact) mass is 242 g/mol. The highest BCUT2D eigenvalue weighted by Crippen LogP contribution is 2.21. The number of rotatable bonds is 5. The summed E-state index contributed by atoms with van der Waals surface area (Å²) >= 11 is 1.56. The Labute approximate surface area is 97.5 Å². The predicted octanol–water partition coefficient (Wildman–Crippen LogP) is 1.58. The summed E-state index contributed by atoms with van der Waals surface area (Å²) in [5, 5.41) is 15.3. The van der Waals surface area contributed by atoms with Crippen molar-refractivity contribution in [2.75, 3.05) is 6.54 Å². The van der Waals surface area contributed by atoms with Gasteiger partial charge in [-0.15, -0.1) is 11.3 Å². The fourth-order valence-electron chi connectivity index (χ4n) is 1.23. The molecule has 1 atom stereocenters. The Balaban J connectivity index is 2.45. The van der Waals surface area contributed by atoms with Gasteiger partial charge in [-0.1, -0.05) is 13.0 Å². The fraction of sp³-hybridized carbons (Fsp3) is 0.400. The molecule has 0 aromatic carbocycles. The Kier molecular flexibility index (Phi) is 4.78. The second kappa shape index (κ2) is 6.12. The van der Waals surface area contributed by atoms with Gasteiger partial charge in [-0.25, -0.2) is 4.79 Å². The third-order valence-corrected chi connectivity index (χ3v) is 2.99. The summed E-state index contributed by atoms with van der Waals surface area (Å²) in [5.41, 5.74) is 0. The van der Waals surface area contributed by atoms with Crippen LogP contribution in [-0.4, -0.2) is 23.7 Å². The van der Waals surface area contributed by atoms with Gasteiger partial charge in [-0.05, 0) is 17.9 Å². The zero-order chi connectivity index (χ0) is 12.0. The molecule has 0 saturated carbocycles. The van der Waals surface area contributed by atoms with Crippen molar-refractivity contribution in [3.8, 4) is 0 Å². The maximum absolute atomic E-state index is 11.3. The number of amides is 2. The van der Waals surface area contributed by atoms with Crippen LogP contribution in [0.5, 0.6) is 0 Å². The third kappa shape index (κ3) is 3.90. The van der Waals surface area contributed by atoms with Crippen LogP contribution in [0, 0.1) is 0 Å². The van der Waals surface area contributed by atoms with E-state index in [0.717, 1.165) is 11.3 Å². The van der Waals surface area contributed by atoms with Crippen LogP contribution in [0.4, 0.5) is 4.79 Å². The topological polar surface area (TPSA) is 78.4 Å². The average Bonchev–Trinajstić information content (AvgIpc) is 2.76. The van der Waals surface area contributed by atoms with Crippen LogP contribution < -0.4 is 10.6 Å². The summed E-state index contributed by atoms with van der Waals surface area (Å²) in [6.07, 6.45) is 0.765. The molecule has 0 aliphatic rings. The van der Waals surface area contributed by atoms with E-state index in [2.05, 4.69) is 10.6 Å². The van der Waals surface area contributed by atoms with Crippen LogP contribution in [0.3, 0.4) is 0 Å². The van der Waals surface area contributed by atoms with Gasteiger partial charge in [0.25, 0.3) is 0 Å². The first-order chi connectivity index (χ1) is 7.63. The van der Waals surface area contributed by atoms with Crippen LogP contribution >= 0.6 is 11.3 Å². The van der Waals surface area contributed by atoms with Crippen molar-refractivity contribution in [3.63, 3.8) is 0 Å². The summed E-state index contributed by atoms with van der Waals surface area (Å²) in [6.45, 7) is 1.59. The summed E-state index contributed by atoms with van der Waals surface area (Å²) in [6, 6.07) is 3.34. The maximum Gasteiger partial charge on any atom is 0.323 e. The molecule has 1 rings (SSSR count). The van der Waals surface area contributed by atoms with Crippen molar-refractivity contribution in [2.45, 2.75) is 19.4 Å². The first-order valence-electron chi connectivity index (χ1n) is 4.93. The van der Waals surface area contributed by atoms with Crippen LogP contribution in [0.25, 0.3) is 0 Å². The lowest BCUT2D eigenvalue weighted by Crippen LogP contribution is -2.40. The number of carbonyl (C=O) groups is 2. The highest BCUT2D eigenvalue weighted by molar-refractivity contribution is 7.10. The van der Waals surface area contributed by atoms with E-state index in [0.29, 0.717) is 0 Å². The van der Waals surface area contributed by atoms with E-state index >= 15 is 0 Å². The molecule has 0 saturated heterocycles. The van der Waals surface area contributed by atoms with Gasteiger partial charge in [0.1, 0.15) is 6.54 Å². The van der Waals surface area contributed by atoms with E-state index in [4.69, 9.17) is 5.11 Å². The number of carboxylic acids is 1. The highest BCUT2D eigenvalue weighted by atomic mass is 32.1. The van der Waals surface area contributed by atoms with Crippen LogP contribution in [0.15, 0.2) is 17.5 Å². The van der Waals surface area contributed by atoms with Crippen molar-refractivity contribution < 1.29 is 14.7 Å². The molecule has 1 aromatic heterocycles. The van der Waals surface area contributed by atoms with E-state index in [1.807, 2.05) is 24.4 Å². The van der Waals surface area contributed by atoms with Gasteiger partial charge in [0, 0.05) is 4.88 Å². The zero-order valence-corrected chi connectivity index (χ0v) is 9.71. The molecule has 1 unspecified atom stereocenters. The number of nitrogens with one attached hydrogen (secondary N) is 2. The first-order valence-corrected chi connectivity index (χ1v) is 5.81. The normalized spacial score (nSPS) is 11.8. The fourth-order valence-corrected chi connectivity index (χ4v) is 2.09. The molecule has 0 aliphatic carbocycles. The molecule has 0 bridgehead atoms. The Bertz CT molecular complexity index is 351. The third-order valence-electron chi connectivity index (χ3n) is 2.00. The van der Waals surface area contributed by atoms with E-state index < -0.39 is 12.0 Å². The minimum atomic E-state index is -1.06. The van der Waals surface area contributed by atoms with E-state index in [1.165, 1.54) is 0 Å². The number of hydrogen-bond acceptors (Lipinski definition) is 3. The Morgan fingerprint density at radius 2 is 2.31 bits per heavy atom. The molecule has 88 valence electrons. The second-order valence-electron chi connectivity index (χ2n) is 3.20. The van der Waals surface area contributed by atoms with Gasteiger partial charge in [-0.3, -0.25) is 4.79 Å². The van der Waals surface area contributed by atoms with Gasteiger partial charge in [0.05, 0.1) is 6.04 Å². The smallest absolute Gasteiger partial charge is 0.323 e. The SMILES string of the molecule is CCC(NC(=O)NCC(=O)O)c1cccs1. The Morgan fingerprint density at radius 1 is 1.56 bits per heavy atom. The highest BCUT2D eigenvalue weighted by Gasteiger charge is 2.13. The van der Waals surface area contributed by atoms with Crippen LogP contribution in [0.1, 0.15) is 24.3 Å². The molecule has 0 fully saturated rings. The number of urea groups is 1. The lowest BCUT2D eigenvalue weighted by Gasteiger charge is -2.15. The molecule has 1 aromatic rings. The zero-order valence-electron chi connectivity index (χ0n) is 8.90. The molecule has 0 radical (unpaired) electrons. The molecule has 6 heteroatoms. The molecule has 1 heterocycles. The van der Waals surface area contributed by atoms with Crippen LogP contribution in [0.2, 0.25) is 0 Å². The second-order valence-corrected chi connectivity index (χ2v) is 4.18. The van der Waals surface area contributed by atoms with Gasteiger partial charge < -0.3 is 15.7 Å². The predicted molar refractivity (Wildman–Crippen MR) is 61.5 cm³/mol. The van der Waals surface area contributed by atoms with Crippen molar-refractivity contribution >= 4 is 23.3 Å². The number of carbonyl (C=O) groups excluding carboxylic acids is 1. The molecule has 5 nitrogen and oxygen atoms in total. The quantitative estimate of drug-likeness (QED) is 0.733. The van der Waals surface area contributed by atoms with Gasteiger partial charge in [0.2, 0.25) is 0 Å². The lowest BCUT2D eigenvalue weighted by atomic mass is 10.2. The maximum atomic E-state index is 11.3. The minimum absolute atomic E-state index is 0.0613. The molecule has 0 aliphatic heterocycles. The van der Waals surface area contributed by atoms with Gasteiger partial charge in [0.15, 0.2) is 0 Å².